The molecule has 1 unspecified atom stereocenters. The van der Waals surface area contributed by atoms with Crippen LogP contribution in [0.3, 0.4) is 0 Å². The molecule has 0 saturated carbocycles. The Kier molecular flexibility index (Phi) is 4.77. The first kappa shape index (κ1) is 11.7. The zero-order valence-corrected chi connectivity index (χ0v) is 9.16. The van der Waals surface area contributed by atoms with Gasteiger partial charge < -0.3 is 10.6 Å². The third-order valence-corrected chi connectivity index (χ3v) is 2.01. The van der Waals surface area contributed by atoms with Crippen molar-refractivity contribution in [2.24, 2.45) is 0 Å². The molecule has 0 radical (unpaired) electrons. The zero-order chi connectivity index (χ0) is 11.1. The lowest BCUT2D eigenvalue weighted by atomic mass is 10.2. The van der Waals surface area contributed by atoms with Crippen LogP contribution in [-0.4, -0.2) is 23.5 Å². The number of rotatable bonds is 5. The molecule has 1 atom stereocenters. The summed E-state index contributed by atoms with van der Waals surface area (Å²) >= 11 is 0. The number of carbonyl (C=O) groups excluding carboxylic acids is 1. The van der Waals surface area contributed by atoms with Gasteiger partial charge in [-0.25, -0.2) is 0 Å². The molecule has 0 fully saturated rings. The van der Waals surface area contributed by atoms with Gasteiger partial charge >= 0.3 is 0 Å². The SMILES string of the molecule is CCNC(C)CC(=O)Nc1ccncc1. The maximum Gasteiger partial charge on any atom is 0.225 e. The summed E-state index contributed by atoms with van der Waals surface area (Å²) in [5, 5.41) is 6.00. The molecule has 0 saturated heterocycles. The topological polar surface area (TPSA) is 54.0 Å². The number of hydrogen-bond donors (Lipinski definition) is 2. The van der Waals surface area contributed by atoms with Gasteiger partial charge in [0.15, 0.2) is 0 Å². The van der Waals surface area contributed by atoms with Crippen LogP contribution in [-0.2, 0) is 4.79 Å². The normalized spacial score (nSPS) is 12.1. The van der Waals surface area contributed by atoms with Gasteiger partial charge in [-0.05, 0) is 25.6 Å². The van der Waals surface area contributed by atoms with Crippen molar-refractivity contribution in [2.75, 3.05) is 11.9 Å². The predicted octanol–water partition coefficient (Wildman–Crippen LogP) is 1.41. The summed E-state index contributed by atoms with van der Waals surface area (Å²) in [4.78, 5) is 15.4. The van der Waals surface area contributed by atoms with Crippen LogP contribution >= 0.6 is 0 Å². The highest BCUT2D eigenvalue weighted by molar-refractivity contribution is 5.90. The Morgan fingerprint density at radius 1 is 1.47 bits per heavy atom. The molecule has 4 nitrogen and oxygen atoms in total. The average molecular weight is 207 g/mol. The molecule has 1 aromatic rings. The second-order valence-corrected chi connectivity index (χ2v) is 3.45. The minimum atomic E-state index is 0.0228. The molecule has 1 heterocycles. The molecule has 2 N–H and O–H groups in total. The molecule has 0 spiro atoms. The van der Waals surface area contributed by atoms with Crippen LogP contribution in [0.5, 0.6) is 0 Å². The van der Waals surface area contributed by atoms with Crippen molar-refractivity contribution in [3.05, 3.63) is 24.5 Å². The van der Waals surface area contributed by atoms with Crippen LogP contribution in [0.25, 0.3) is 0 Å². The van der Waals surface area contributed by atoms with E-state index in [4.69, 9.17) is 0 Å². The molecule has 0 bridgehead atoms. The minimum Gasteiger partial charge on any atom is -0.326 e. The first-order valence-corrected chi connectivity index (χ1v) is 5.15. The first-order chi connectivity index (χ1) is 7.22. The van der Waals surface area contributed by atoms with E-state index in [1.165, 1.54) is 0 Å². The van der Waals surface area contributed by atoms with E-state index in [1.54, 1.807) is 24.5 Å². The molecule has 1 rings (SSSR count). The van der Waals surface area contributed by atoms with Gasteiger partial charge in [0.1, 0.15) is 0 Å². The minimum absolute atomic E-state index is 0.0228. The van der Waals surface area contributed by atoms with Gasteiger partial charge in [0.05, 0.1) is 0 Å². The van der Waals surface area contributed by atoms with E-state index in [2.05, 4.69) is 15.6 Å². The van der Waals surface area contributed by atoms with E-state index < -0.39 is 0 Å². The number of pyridine rings is 1. The van der Waals surface area contributed by atoms with Gasteiger partial charge in [0.2, 0.25) is 5.91 Å². The fraction of sp³-hybridized carbons (Fsp3) is 0.455. The van der Waals surface area contributed by atoms with E-state index in [0.717, 1.165) is 12.2 Å². The van der Waals surface area contributed by atoms with Gasteiger partial charge in [-0.2, -0.15) is 0 Å². The van der Waals surface area contributed by atoms with Crippen molar-refractivity contribution in [2.45, 2.75) is 26.3 Å². The highest BCUT2D eigenvalue weighted by Crippen LogP contribution is 2.04. The second kappa shape index (κ2) is 6.14. The van der Waals surface area contributed by atoms with E-state index >= 15 is 0 Å². The summed E-state index contributed by atoms with van der Waals surface area (Å²) < 4.78 is 0. The average Bonchev–Trinajstić information content (AvgIpc) is 2.19. The molecule has 0 aliphatic carbocycles. The van der Waals surface area contributed by atoms with Crippen LogP contribution < -0.4 is 10.6 Å². The number of hydrogen-bond acceptors (Lipinski definition) is 3. The molecule has 4 heteroatoms. The summed E-state index contributed by atoms with van der Waals surface area (Å²) in [6.45, 7) is 4.90. The Morgan fingerprint density at radius 2 is 2.13 bits per heavy atom. The van der Waals surface area contributed by atoms with E-state index in [-0.39, 0.29) is 11.9 Å². The van der Waals surface area contributed by atoms with Gasteiger partial charge in [-0.1, -0.05) is 6.92 Å². The van der Waals surface area contributed by atoms with Crippen LogP contribution in [0, 0.1) is 0 Å². The lowest BCUT2D eigenvalue weighted by Crippen LogP contribution is -2.30. The molecule has 1 amide bonds. The van der Waals surface area contributed by atoms with Crippen molar-refractivity contribution in [1.82, 2.24) is 10.3 Å². The smallest absolute Gasteiger partial charge is 0.225 e. The second-order valence-electron chi connectivity index (χ2n) is 3.45. The molecular weight excluding hydrogens is 190 g/mol. The van der Waals surface area contributed by atoms with Crippen molar-refractivity contribution in [3.63, 3.8) is 0 Å². The highest BCUT2D eigenvalue weighted by atomic mass is 16.1. The molecule has 0 aromatic carbocycles. The van der Waals surface area contributed by atoms with Crippen molar-refractivity contribution in [1.29, 1.82) is 0 Å². The van der Waals surface area contributed by atoms with E-state index in [9.17, 15) is 4.79 Å². The van der Waals surface area contributed by atoms with Gasteiger partial charge in [0.25, 0.3) is 0 Å². The largest absolute Gasteiger partial charge is 0.326 e. The zero-order valence-electron chi connectivity index (χ0n) is 9.16. The molecule has 1 aromatic heterocycles. The highest BCUT2D eigenvalue weighted by Gasteiger charge is 2.07. The van der Waals surface area contributed by atoms with Crippen LogP contribution in [0.15, 0.2) is 24.5 Å². The summed E-state index contributed by atoms with van der Waals surface area (Å²) in [7, 11) is 0. The summed E-state index contributed by atoms with van der Waals surface area (Å²) in [5.41, 5.74) is 0.790. The fourth-order valence-electron chi connectivity index (χ4n) is 1.35. The van der Waals surface area contributed by atoms with Crippen molar-refractivity contribution < 1.29 is 4.79 Å². The third-order valence-electron chi connectivity index (χ3n) is 2.01. The molecule has 0 aliphatic heterocycles. The molecular formula is C11H17N3O. The fourth-order valence-corrected chi connectivity index (χ4v) is 1.35. The summed E-state index contributed by atoms with van der Waals surface area (Å²) in [5.74, 6) is 0.0228. The lowest BCUT2D eigenvalue weighted by Gasteiger charge is -2.11. The molecule has 15 heavy (non-hydrogen) atoms. The monoisotopic (exact) mass is 207 g/mol. The number of nitrogens with one attached hydrogen (secondary N) is 2. The predicted molar refractivity (Wildman–Crippen MR) is 60.6 cm³/mol. The summed E-state index contributed by atoms with van der Waals surface area (Å²) in [6.07, 6.45) is 3.79. The van der Waals surface area contributed by atoms with Crippen LogP contribution in [0.1, 0.15) is 20.3 Å². The Hall–Kier alpha value is -1.42. The number of aromatic nitrogens is 1. The maximum absolute atomic E-state index is 11.5. The summed E-state index contributed by atoms with van der Waals surface area (Å²) in [6, 6.07) is 3.75. The Balaban J connectivity index is 2.36. The number of carbonyl (C=O) groups is 1. The third kappa shape index (κ3) is 4.56. The standard InChI is InChI=1S/C11H17N3O/c1-3-13-9(2)8-11(15)14-10-4-6-12-7-5-10/h4-7,9,13H,3,8H2,1-2H3,(H,12,14,15). The molecule has 0 aliphatic rings. The van der Waals surface area contributed by atoms with Crippen LogP contribution in [0.2, 0.25) is 0 Å². The van der Waals surface area contributed by atoms with Crippen molar-refractivity contribution in [3.8, 4) is 0 Å². The molecule has 82 valence electrons. The van der Waals surface area contributed by atoms with Crippen LogP contribution in [0.4, 0.5) is 5.69 Å². The van der Waals surface area contributed by atoms with Gasteiger partial charge in [0, 0.05) is 30.5 Å². The Bertz CT molecular complexity index is 300. The maximum atomic E-state index is 11.5. The Labute approximate surface area is 90.1 Å². The van der Waals surface area contributed by atoms with Crippen molar-refractivity contribution >= 4 is 11.6 Å². The lowest BCUT2D eigenvalue weighted by molar-refractivity contribution is -0.116. The first-order valence-electron chi connectivity index (χ1n) is 5.15. The quantitative estimate of drug-likeness (QED) is 0.767. The van der Waals surface area contributed by atoms with E-state index in [1.807, 2.05) is 13.8 Å². The van der Waals surface area contributed by atoms with Gasteiger partial charge in [-0.3, -0.25) is 9.78 Å². The number of amides is 1. The number of anilines is 1. The Morgan fingerprint density at radius 3 is 2.73 bits per heavy atom. The number of nitrogens with zero attached hydrogens (tertiary/aromatic N) is 1. The van der Waals surface area contributed by atoms with Gasteiger partial charge in [-0.15, -0.1) is 0 Å². The van der Waals surface area contributed by atoms with E-state index in [0.29, 0.717) is 6.42 Å².